The van der Waals surface area contributed by atoms with Crippen LogP contribution in [0.2, 0.25) is 0 Å². The van der Waals surface area contributed by atoms with Crippen molar-refractivity contribution in [3.05, 3.63) is 24.3 Å². The summed E-state index contributed by atoms with van der Waals surface area (Å²) in [4.78, 5) is 4.66. The monoisotopic (exact) mass is 364 g/mol. The molecule has 0 heterocycles. The summed E-state index contributed by atoms with van der Waals surface area (Å²) in [5.74, 6) is 1.06. The van der Waals surface area contributed by atoms with E-state index in [9.17, 15) is 0 Å². The van der Waals surface area contributed by atoms with Gasteiger partial charge in [-0.15, -0.1) is 0 Å². The number of anilines is 2. The Hall–Kier alpha value is -1.26. The van der Waals surface area contributed by atoms with Crippen LogP contribution in [0.1, 0.15) is 55.4 Å². The molecule has 0 N–H and O–H groups in total. The molecule has 0 fully saturated rings. The zero-order valence-electron chi connectivity index (χ0n) is 18.2. The molecule has 4 heteroatoms. The SMILES string of the molecule is CCN(c1ccccc1N(CC)C(C)OCC(C)C)C(C)OCC(C)C. The van der Waals surface area contributed by atoms with Gasteiger partial charge < -0.3 is 19.3 Å². The van der Waals surface area contributed by atoms with Gasteiger partial charge in [-0.05, 0) is 51.7 Å². The van der Waals surface area contributed by atoms with Crippen LogP contribution in [0.3, 0.4) is 0 Å². The van der Waals surface area contributed by atoms with Crippen LogP contribution >= 0.6 is 0 Å². The molecule has 0 aromatic heterocycles. The maximum atomic E-state index is 6.09. The molecule has 0 aliphatic carbocycles. The first-order chi connectivity index (χ1) is 12.3. The van der Waals surface area contributed by atoms with Crippen LogP contribution in [0.25, 0.3) is 0 Å². The largest absolute Gasteiger partial charge is 0.358 e. The molecule has 0 aliphatic rings. The second-order valence-corrected chi connectivity index (χ2v) is 7.71. The van der Waals surface area contributed by atoms with E-state index in [-0.39, 0.29) is 12.5 Å². The zero-order valence-corrected chi connectivity index (χ0v) is 18.2. The Bertz CT molecular complexity index is 460. The molecule has 0 bridgehead atoms. The lowest BCUT2D eigenvalue weighted by molar-refractivity contribution is 0.0435. The normalized spacial score (nSPS) is 13.9. The number of hydrogen-bond acceptors (Lipinski definition) is 4. The number of nitrogens with zero attached hydrogens (tertiary/aromatic N) is 2. The van der Waals surface area contributed by atoms with Crippen molar-refractivity contribution in [1.29, 1.82) is 0 Å². The van der Waals surface area contributed by atoms with Gasteiger partial charge in [0.1, 0.15) is 12.5 Å². The minimum absolute atomic E-state index is 0.0362. The Morgan fingerprint density at radius 2 is 1.04 bits per heavy atom. The summed E-state index contributed by atoms with van der Waals surface area (Å²) >= 11 is 0. The number of ether oxygens (including phenoxy) is 2. The minimum atomic E-state index is 0.0362. The number of benzene rings is 1. The molecule has 0 spiro atoms. The van der Waals surface area contributed by atoms with E-state index in [1.54, 1.807) is 0 Å². The van der Waals surface area contributed by atoms with E-state index in [2.05, 4.69) is 89.5 Å². The Balaban J connectivity index is 3.05. The Kier molecular flexibility index (Phi) is 10.0. The van der Waals surface area contributed by atoms with Crippen LogP contribution in [0.4, 0.5) is 11.4 Å². The van der Waals surface area contributed by atoms with Crippen LogP contribution < -0.4 is 9.80 Å². The van der Waals surface area contributed by atoms with Crippen LogP contribution in [0.15, 0.2) is 24.3 Å². The van der Waals surface area contributed by atoms with Crippen molar-refractivity contribution in [2.24, 2.45) is 11.8 Å². The van der Waals surface area contributed by atoms with Crippen LogP contribution in [0.5, 0.6) is 0 Å². The molecule has 1 aromatic rings. The molecule has 150 valence electrons. The van der Waals surface area contributed by atoms with Gasteiger partial charge in [0, 0.05) is 13.1 Å². The summed E-state index contributed by atoms with van der Waals surface area (Å²) in [5.41, 5.74) is 2.40. The van der Waals surface area contributed by atoms with Crippen molar-refractivity contribution >= 4 is 11.4 Å². The highest BCUT2D eigenvalue weighted by Gasteiger charge is 2.22. The van der Waals surface area contributed by atoms with E-state index in [4.69, 9.17) is 9.47 Å². The van der Waals surface area contributed by atoms with Crippen molar-refractivity contribution in [1.82, 2.24) is 0 Å². The van der Waals surface area contributed by atoms with Crippen molar-refractivity contribution in [3.63, 3.8) is 0 Å². The van der Waals surface area contributed by atoms with Gasteiger partial charge in [0.2, 0.25) is 0 Å². The van der Waals surface area contributed by atoms with E-state index in [0.717, 1.165) is 26.3 Å². The molecule has 0 aliphatic heterocycles. The topological polar surface area (TPSA) is 24.9 Å². The molecule has 4 nitrogen and oxygen atoms in total. The lowest BCUT2D eigenvalue weighted by Gasteiger charge is -2.37. The van der Waals surface area contributed by atoms with Crippen LogP contribution in [-0.4, -0.2) is 38.8 Å². The summed E-state index contributed by atoms with van der Waals surface area (Å²) < 4.78 is 12.2. The van der Waals surface area contributed by atoms with Crippen molar-refractivity contribution < 1.29 is 9.47 Å². The quantitative estimate of drug-likeness (QED) is 0.465. The van der Waals surface area contributed by atoms with E-state index in [1.165, 1.54) is 11.4 Å². The average molecular weight is 365 g/mol. The third-order valence-electron chi connectivity index (χ3n) is 4.40. The van der Waals surface area contributed by atoms with Gasteiger partial charge in [0.25, 0.3) is 0 Å². The highest BCUT2D eigenvalue weighted by molar-refractivity contribution is 5.71. The maximum Gasteiger partial charge on any atom is 0.127 e. The first-order valence-electron chi connectivity index (χ1n) is 10.2. The van der Waals surface area contributed by atoms with Gasteiger partial charge >= 0.3 is 0 Å². The third-order valence-corrected chi connectivity index (χ3v) is 4.40. The molecule has 0 radical (unpaired) electrons. The number of hydrogen-bond donors (Lipinski definition) is 0. The predicted molar refractivity (Wildman–Crippen MR) is 113 cm³/mol. The fourth-order valence-corrected chi connectivity index (χ4v) is 3.04. The van der Waals surface area contributed by atoms with Gasteiger partial charge in [-0.25, -0.2) is 0 Å². The standard InChI is InChI=1S/C22H40N2O2/c1-9-23(19(7)25-15-17(3)4)21-13-11-12-14-22(21)24(10-2)20(8)26-16-18(5)6/h11-14,17-20H,9-10,15-16H2,1-8H3. The number of para-hydroxylation sites is 2. The lowest BCUT2D eigenvalue weighted by atomic mass is 10.2. The fourth-order valence-electron chi connectivity index (χ4n) is 3.04. The second-order valence-electron chi connectivity index (χ2n) is 7.71. The Labute approximate surface area is 161 Å². The van der Waals surface area contributed by atoms with Gasteiger partial charge in [0.15, 0.2) is 0 Å². The molecule has 2 unspecified atom stereocenters. The number of rotatable bonds is 12. The maximum absolute atomic E-state index is 6.09. The summed E-state index contributed by atoms with van der Waals surface area (Å²) in [6.07, 6.45) is 0.0725. The fraction of sp³-hybridized carbons (Fsp3) is 0.727. The van der Waals surface area contributed by atoms with Gasteiger partial charge in [-0.3, -0.25) is 0 Å². The molecule has 1 rings (SSSR count). The second kappa shape index (κ2) is 11.5. The third kappa shape index (κ3) is 6.81. The summed E-state index contributed by atoms with van der Waals surface area (Å²) in [7, 11) is 0. The highest BCUT2D eigenvalue weighted by atomic mass is 16.5. The molecule has 1 aromatic carbocycles. The van der Waals surface area contributed by atoms with Crippen molar-refractivity contribution in [2.75, 3.05) is 36.1 Å². The van der Waals surface area contributed by atoms with E-state index >= 15 is 0 Å². The summed E-state index contributed by atoms with van der Waals surface area (Å²) in [6.45, 7) is 20.7. The molecular formula is C22H40N2O2. The molecule has 0 saturated heterocycles. The molecule has 2 atom stereocenters. The van der Waals surface area contributed by atoms with E-state index in [1.807, 2.05) is 0 Å². The van der Waals surface area contributed by atoms with Crippen molar-refractivity contribution in [3.8, 4) is 0 Å². The van der Waals surface area contributed by atoms with Crippen molar-refractivity contribution in [2.45, 2.75) is 67.8 Å². The summed E-state index contributed by atoms with van der Waals surface area (Å²) in [6, 6.07) is 8.58. The van der Waals surface area contributed by atoms with Crippen LogP contribution in [0, 0.1) is 11.8 Å². The Morgan fingerprint density at radius 3 is 1.31 bits per heavy atom. The first-order valence-corrected chi connectivity index (χ1v) is 10.2. The van der Waals surface area contributed by atoms with Gasteiger partial charge in [-0.1, -0.05) is 39.8 Å². The van der Waals surface area contributed by atoms with Crippen LogP contribution in [-0.2, 0) is 9.47 Å². The van der Waals surface area contributed by atoms with E-state index < -0.39 is 0 Å². The predicted octanol–water partition coefficient (Wildman–Crippen LogP) is 5.38. The van der Waals surface area contributed by atoms with Gasteiger partial charge in [0.05, 0.1) is 24.6 Å². The zero-order chi connectivity index (χ0) is 19.7. The lowest BCUT2D eigenvalue weighted by Crippen LogP contribution is -2.40. The first kappa shape index (κ1) is 22.8. The highest BCUT2D eigenvalue weighted by Crippen LogP contribution is 2.32. The molecule has 26 heavy (non-hydrogen) atoms. The molecule has 0 saturated carbocycles. The average Bonchev–Trinajstić information content (AvgIpc) is 2.60. The minimum Gasteiger partial charge on any atom is -0.358 e. The van der Waals surface area contributed by atoms with E-state index in [0.29, 0.717) is 11.8 Å². The smallest absolute Gasteiger partial charge is 0.127 e. The molecular weight excluding hydrogens is 324 g/mol. The molecule has 0 amide bonds. The summed E-state index contributed by atoms with van der Waals surface area (Å²) in [5, 5.41) is 0. The Morgan fingerprint density at radius 1 is 0.692 bits per heavy atom. The van der Waals surface area contributed by atoms with Gasteiger partial charge in [-0.2, -0.15) is 0 Å².